The van der Waals surface area contributed by atoms with E-state index in [4.69, 9.17) is 14.5 Å². The average molecular weight is 564 g/mol. The van der Waals surface area contributed by atoms with E-state index in [9.17, 15) is 19.2 Å². The zero-order valence-electron chi connectivity index (χ0n) is 23.8. The molecule has 5 bridgehead atoms. The summed E-state index contributed by atoms with van der Waals surface area (Å²) >= 11 is 0. The van der Waals surface area contributed by atoms with Crippen LogP contribution in [0.1, 0.15) is 57.8 Å². The number of cyclic esters (lactones) is 1. The number of amides is 3. The molecule has 0 radical (unpaired) electrons. The lowest BCUT2D eigenvalue weighted by atomic mass is 9.91. The largest absolute Gasteiger partial charge is 0.451 e. The van der Waals surface area contributed by atoms with Crippen molar-refractivity contribution in [2.24, 2.45) is 11.3 Å². The number of ether oxygens (including phenoxy) is 2. The molecular weight excluding hydrogens is 526 g/mol. The molecular formula is C30H37N5O6. The number of benzene rings is 1. The Kier molecular flexibility index (Phi) is 8.10. The van der Waals surface area contributed by atoms with Crippen molar-refractivity contribution in [2.75, 3.05) is 19.8 Å². The zero-order valence-corrected chi connectivity index (χ0v) is 23.8. The Labute approximate surface area is 239 Å². The van der Waals surface area contributed by atoms with E-state index in [1.165, 1.54) is 5.01 Å². The number of carbonyl (C=O) groups excluding carboxylic acids is 4. The van der Waals surface area contributed by atoms with E-state index < -0.39 is 35.5 Å². The van der Waals surface area contributed by atoms with Gasteiger partial charge in [-0.2, -0.15) is 0 Å². The zero-order chi connectivity index (χ0) is 29.3. The Hall–Kier alpha value is -3.83. The highest BCUT2D eigenvalue weighted by Gasteiger charge is 2.41. The molecule has 2 fully saturated rings. The monoisotopic (exact) mass is 563 g/mol. The van der Waals surface area contributed by atoms with E-state index in [2.05, 4.69) is 16.1 Å². The molecule has 0 spiro atoms. The number of fused-ring (bicyclic) bond motifs is 4. The fraction of sp³-hybridized carbons (Fsp3) is 0.500. The minimum atomic E-state index is -1.11. The van der Waals surface area contributed by atoms with Gasteiger partial charge < -0.3 is 20.1 Å². The third kappa shape index (κ3) is 6.25. The van der Waals surface area contributed by atoms with Crippen molar-refractivity contribution < 1.29 is 28.7 Å². The Balaban J connectivity index is 1.48. The number of rotatable bonds is 1. The van der Waals surface area contributed by atoms with Gasteiger partial charge in [0.2, 0.25) is 5.91 Å². The molecule has 3 N–H and O–H groups in total. The second kappa shape index (κ2) is 11.6. The molecule has 3 aliphatic rings. The smallest absolute Gasteiger partial charge is 0.316 e. The number of carbonyl (C=O) groups is 4. The molecule has 1 unspecified atom stereocenters. The van der Waals surface area contributed by atoms with Crippen molar-refractivity contribution in [3.8, 4) is 0 Å². The van der Waals surface area contributed by atoms with Crippen molar-refractivity contribution in [3.05, 3.63) is 47.7 Å². The highest BCUT2D eigenvalue weighted by Crippen LogP contribution is 2.27. The Morgan fingerprint density at radius 1 is 0.976 bits per heavy atom. The standard InChI is InChI=1S/C30H37N5O6/c1-17-22-10-9-20-8-7-19(14-24(20)33-22)11-12-30(3,4)29(39)41-25(21-15-40-16-21)27(37)32-18(2)28(38)35-13-5-6-23(34-35)26(36)31-17/h7-12,14,17-18,21,23,25,34H,5-6,13,15-16H2,1-4H3,(H,31,36)(H,32,37)/b12-11+/t17-,18+,23+,25?/m1/s1. The molecule has 41 heavy (non-hydrogen) atoms. The van der Waals surface area contributed by atoms with Crippen LogP contribution >= 0.6 is 0 Å². The maximum absolute atomic E-state index is 13.3. The number of pyridine rings is 1. The van der Waals surface area contributed by atoms with Gasteiger partial charge in [0.25, 0.3) is 11.8 Å². The van der Waals surface area contributed by atoms with Crippen molar-refractivity contribution in [3.63, 3.8) is 0 Å². The van der Waals surface area contributed by atoms with E-state index in [1.807, 2.05) is 43.3 Å². The fourth-order valence-corrected chi connectivity index (χ4v) is 5.04. The predicted octanol–water partition coefficient (Wildman–Crippen LogP) is 2.02. The van der Waals surface area contributed by atoms with E-state index in [0.29, 0.717) is 25.1 Å². The summed E-state index contributed by atoms with van der Waals surface area (Å²) in [5, 5.41) is 8.04. The highest BCUT2D eigenvalue weighted by atomic mass is 16.6. The molecule has 5 rings (SSSR count). The minimum Gasteiger partial charge on any atom is -0.451 e. The van der Waals surface area contributed by atoms with Crippen LogP contribution in [0.2, 0.25) is 0 Å². The molecule has 11 heteroatoms. The summed E-state index contributed by atoms with van der Waals surface area (Å²) in [5.41, 5.74) is 4.27. The summed E-state index contributed by atoms with van der Waals surface area (Å²) in [6, 6.07) is 7.74. The van der Waals surface area contributed by atoms with Gasteiger partial charge in [-0.15, -0.1) is 0 Å². The molecule has 1 aromatic heterocycles. The number of esters is 1. The molecule has 3 amide bonds. The summed E-state index contributed by atoms with van der Waals surface area (Å²) in [4.78, 5) is 57.8. The van der Waals surface area contributed by atoms with Gasteiger partial charge >= 0.3 is 5.97 Å². The SMILES string of the molecule is C[C@@H]1NC(=O)C(C2COC2)OC(=O)C(C)(C)/C=C/c2ccc3ccc(nc3c2)[C@@H](C)NC(=O)[C@@H]2CCCN(N2)C1=O. The molecule has 3 aliphatic heterocycles. The summed E-state index contributed by atoms with van der Waals surface area (Å²) in [5.74, 6) is -2.07. The lowest BCUT2D eigenvalue weighted by molar-refractivity contribution is -0.177. The van der Waals surface area contributed by atoms with Gasteiger partial charge in [-0.25, -0.2) is 5.43 Å². The quantitative estimate of drug-likeness (QED) is 0.448. The van der Waals surface area contributed by atoms with Crippen LogP contribution in [0.15, 0.2) is 36.4 Å². The normalized spacial score (nSPS) is 28.8. The van der Waals surface area contributed by atoms with Crippen molar-refractivity contribution >= 4 is 40.7 Å². The molecule has 0 aliphatic carbocycles. The molecule has 11 nitrogen and oxygen atoms in total. The third-order valence-corrected chi connectivity index (χ3v) is 7.84. The van der Waals surface area contributed by atoms with Crippen molar-refractivity contribution in [1.82, 2.24) is 26.1 Å². The second-order valence-corrected chi connectivity index (χ2v) is 11.6. The number of hydrogen-bond donors (Lipinski definition) is 3. The highest BCUT2D eigenvalue weighted by molar-refractivity contribution is 5.91. The van der Waals surface area contributed by atoms with Crippen LogP contribution < -0.4 is 16.1 Å². The van der Waals surface area contributed by atoms with Gasteiger partial charge in [0.1, 0.15) is 12.1 Å². The summed E-state index contributed by atoms with van der Waals surface area (Å²) in [7, 11) is 0. The fourth-order valence-electron chi connectivity index (χ4n) is 5.04. The first-order valence-electron chi connectivity index (χ1n) is 14.1. The topological polar surface area (TPSA) is 139 Å². The van der Waals surface area contributed by atoms with E-state index in [-0.39, 0.29) is 37.0 Å². The molecule has 218 valence electrons. The molecule has 1 aromatic carbocycles. The van der Waals surface area contributed by atoms with Crippen molar-refractivity contribution in [1.29, 1.82) is 0 Å². The number of hydrazine groups is 1. The van der Waals surface area contributed by atoms with E-state index in [1.54, 1.807) is 26.8 Å². The van der Waals surface area contributed by atoms with Crippen molar-refractivity contribution in [2.45, 2.75) is 64.8 Å². The Morgan fingerprint density at radius 2 is 1.71 bits per heavy atom. The molecule has 0 saturated carbocycles. The van der Waals surface area contributed by atoms with Crippen LogP contribution in [0.5, 0.6) is 0 Å². The van der Waals surface area contributed by atoms with Gasteiger partial charge in [0, 0.05) is 11.9 Å². The van der Waals surface area contributed by atoms with Gasteiger partial charge in [0.15, 0.2) is 6.10 Å². The molecule has 2 saturated heterocycles. The number of nitrogens with zero attached hydrogens (tertiary/aromatic N) is 2. The summed E-state index contributed by atoms with van der Waals surface area (Å²) in [6.45, 7) is 7.83. The van der Waals surface area contributed by atoms with Gasteiger partial charge in [-0.1, -0.05) is 30.4 Å². The molecule has 4 heterocycles. The van der Waals surface area contributed by atoms with Crippen LogP contribution in [-0.4, -0.2) is 71.6 Å². The van der Waals surface area contributed by atoms with Gasteiger partial charge in [0.05, 0.1) is 41.8 Å². The van der Waals surface area contributed by atoms with Gasteiger partial charge in [-0.05, 0) is 58.2 Å². The Morgan fingerprint density at radius 3 is 2.44 bits per heavy atom. The van der Waals surface area contributed by atoms with Crippen LogP contribution in [-0.2, 0) is 28.7 Å². The second-order valence-electron chi connectivity index (χ2n) is 11.6. The predicted molar refractivity (Wildman–Crippen MR) is 151 cm³/mol. The van der Waals surface area contributed by atoms with E-state index >= 15 is 0 Å². The lowest BCUT2D eigenvalue weighted by Crippen LogP contribution is -2.61. The first kappa shape index (κ1) is 28.7. The molecule has 2 aromatic rings. The maximum Gasteiger partial charge on any atom is 0.316 e. The Bertz CT molecular complexity index is 1390. The van der Waals surface area contributed by atoms with Gasteiger partial charge in [-0.3, -0.25) is 29.2 Å². The first-order valence-corrected chi connectivity index (χ1v) is 14.1. The van der Waals surface area contributed by atoms with Crippen LogP contribution in [0.3, 0.4) is 0 Å². The summed E-state index contributed by atoms with van der Waals surface area (Å²) in [6.07, 6.45) is 3.63. The minimum absolute atomic E-state index is 0.240. The molecule has 4 atom stereocenters. The summed E-state index contributed by atoms with van der Waals surface area (Å²) < 4.78 is 11.0. The van der Waals surface area contributed by atoms with Crippen LogP contribution in [0, 0.1) is 11.3 Å². The average Bonchev–Trinajstić information content (AvgIpc) is 2.93. The maximum atomic E-state index is 13.3. The number of hydrogen-bond acceptors (Lipinski definition) is 8. The van der Waals surface area contributed by atoms with E-state index in [0.717, 1.165) is 16.5 Å². The third-order valence-electron chi connectivity index (χ3n) is 7.84. The number of nitrogens with one attached hydrogen (secondary N) is 3. The van der Waals surface area contributed by atoms with Crippen LogP contribution in [0.25, 0.3) is 17.0 Å². The van der Waals surface area contributed by atoms with Crippen LogP contribution in [0.4, 0.5) is 0 Å². The first-order chi connectivity index (χ1) is 19.5. The number of aromatic nitrogens is 1. The lowest BCUT2D eigenvalue weighted by Gasteiger charge is -2.36.